The lowest BCUT2D eigenvalue weighted by molar-refractivity contribution is -0.137. The normalized spacial score (nSPS) is 19.6. The molecule has 1 fully saturated rings. The first-order valence-corrected chi connectivity index (χ1v) is 7.01. The average Bonchev–Trinajstić information content (AvgIpc) is 2.38. The summed E-state index contributed by atoms with van der Waals surface area (Å²) in [6.07, 6.45) is 1.82. The lowest BCUT2D eigenvalue weighted by atomic mass is 9.98. The van der Waals surface area contributed by atoms with Crippen molar-refractivity contribution in [2.45, 2.75) is 19.8 Å². The number of likely N-dealkylation sites (tertiary alicyclic amines) is 1. The molecular formula is C14H15Cl2NO2. The van der Waals surface area contributed by atoms with Gasteiger partial charge in [-0.3, -0.25) is 9.59 Å². The van der Waals surface area contributed by atoms with Gasteiger partial charge in [-0.1, -0.05) is 30.1 Å². The van der Waals surface area contributed by atoms with Gasteiger partial charge in [0.1, 0.15) is 0 Å². The molecule has 1 amide bonds. The van der Waals surface area contributed by atoms with Crippen LogP contribution in [0, 0.1) is 5.92 Å². The Morgan fingerprint density at radius 1 is 1.42 bits per heavy atom. The highest BCUT2D eigenvalue weighted by Crippen LogP contribution is 2.23. The van der Waals surface area contributed by atoms with Crippen LogP contribution in [0.25, 0.3) is 0 Å². The third-order valence-electron chi connectivity index (χ3n) is 3.36. The second-order valence-electron chi connectivity index (χ2n) is 4.85. The Morgan fingerprint density at radius 3 is 2.89 bits per heavy atom. The van der Waals surface area contributed by atoms with Crippen molar-refractivity contribution in [2.75, 3.05) is 13.1 Å². The summed E-state index contributed by atoms with van der Waals surface area (Å²) in [6, 6.07) is 4.77. The summed E-state index contributed by atoms with van der Waals surface area (Å²) in [5, 5.41) is 0.831. The lowest BCUT2D eigenvalue weighted by Crippen LogP contribution is -2.43. The third-order valence-corrected chi connectivity index (χ3v) is 3.93. The Kier molecular flexibility index (Phi) is 4.48. The van der Waals surface area contributed by atoms with Crippen LogP contribution in [0.2, 0.25) is 10.0 Å². The van der Waals surface area contributed by atoms with Crippen molar-refractivity contribution in [3.8, 4) is 0 Å². The van der Waals surface area contributed by atoms with Crippen LogP contribution < -0.4 is 0 Å². The predicted octanol–water partition coefficient (Wildman–Crippen LogP) is 3.43. The lowest BCUT2D eigenvalue weighted by Gasteiger charge is -2.30. The summed E-state index contributed by atoms with van der Waals surface area (Å²) in [5.74, 6) is -0.135. The zero-order valence-corrected chi connectivity index (χ0v) is 12.2. The maximum atomic E-state index is 12.2. The van der Waals surface area contributed by atoms with E-state index in [9.17, 15) is 9.59 Å². The van der Waals surface area contributed by atoms with E-state index in [1.807, 2.05) is 6.92 Å². The molecule has 1 aliphatic heterocycles. The van der Waals surface area contributed by atoms with Gasteiger partial charge in [0.15, 0.2) is 5.78 Å². The average molecular weight is 300 g/mol. The zero-order valence-electron chi connectivity index (χ0n) is 10.7. The monoisotopic (exact) mass is 299 g/mol. The fraction of sp³-hybridized carbons (Fsp3) is 0.429. The first kappa shape index (κ1) is 14.4. The summed E-state index contributed by atoms with van der Waals surface area (Å²) in [4.78, 5) is 25.8. The fourth-order valence-electron chi connectivity index (χ4n) is 2.26. The van der Waals surface area contributed by atoms with Crippen molar-refractivity contribution in [1.82, 2.24) is 4.90 Å². The first-order chi connectivity index (χ1) is 8.99. The number of hydrogen-bond donors (Lipinski definition) is 0. The highest BCUT2D eigenvalue weighted by molar-refractivity contribution is 6.36. The van der Waals surface area contributed by atoms with E-state index in [1.54, 1.807) is 23.1 Å². The van der Waals surface area contributed by atoms with E-state index in [4.69, 9.17) is 23.2 Å². The molecule has 0 N–H and O–H groups in total. The number of nitrogens with zero attached hydrogens (tertiary/aromatic N) is 1. The van der Waals surface area contributed by atoms with Crippen LogP contribution in [0.1, 0.15) is 30.1 Å². The van der Waals surface area contributed by atoms with Gasteiger partial charge in [0.2, 0.25) is 5.91 Å². The van der Waals surface area contributed by atoms with E-state index in [1.165, 1.54) is 0 Å². The van der Waals surface area contributed by atoms with Crippen molar-refractivity contribution in [3.05, 3.63) is 33.8 Å². The van der Waals surface area contributed by atoms with Crippen molar-refractivity contribution >= 4 is 34.9 Å². The SMILES string of the molecule is CC1CCCN(CC(=O)c2cc(Cl)ccc2Cl)C1=O. The molecule has 102 valence electrons. The second-order valence-corrected chi connectivity index (χ2v) is 5.69. The summed E-state index contributed by atoms with van der Waals surface area (Å²) in [7, 11) is 0. The molecule has 1 heterocycles. The Morgan fingerprint density at radius 2 is 2.16 bits per heavy atom. The highest BCUT2D eigenvalue weighted by atomic mass is 35.5. The van der Waals surface area contributed by atoms with Crippen molar-refractivity contribution in [1.29, 1.82) is 0 Å². The van der Waals surface area contributed by atoms with Gasteiger partial charge >= 0.3 is 0 Å². The zero-order chi connectivity index (χ0) is 14.0. The summed E-state index contributed by atoms with van der Waals surface area (Å²) < 4.78 is 0. The van der Waals surface area contributed by atoms with Crippen LogP contribution in [0.4, 0.5) is 0 Å². The number of amides is 1. The molecule has 3 nitrogen and oxygen atoms in total. The first-order valence-electron chi connectivity index (χ1n) is 6.26. The molecule has 2 rings (SSSR count). The highest BCUT2D eigenvalue weighted by Gasteiger charge is 2.27. The maximum absolute atomic E-state index is 12.2. The standard InChI is InChI=1S/C14H15Cl2NO2/c1-9-3-2-6-17(14(9)19)8-13(18)11-7-10(15)4-5-12(11)16/h4-5,7,9H,2-3,6,8H2,1H3. The molecule has 5 heteroatoms. The van der Waals surface area contributed by atoms with Gasteiger partial charge in [0.05, 0.1) is 11.6 Å². The number of benzene rings is 1. The molecule has 0 aromatic heterocycles. The molecule has 1 aromatic rings. The number of ketones is 1. The van der Waals surface area contributed by atoms with E-state index in [0.29, 0.717) is 22.2 Å². The van der Waals surface area contributed by atoms with Gasteiger partial charge < -0.3 is 4.90 Å². The van der Waals surface area contributed by atoms with E-state index < -0.39 is 0 Å². The number of hydrogen-bond acceptors (Lipinski definition) is 2. The van der Waals surface area contributed by atoms with Crippen LogP contribution in [0.5, 0.6) is 0 Å². The number of carbonyl (C=O) groups excluding carboxylic acids is 2. The minimum atomic E-state index is -0.171. The third kappa shape index (κ3) is 3.28. The molecule has 1 aliphatic rings. The van der Waals surface area contributed by atoms with Crippen LogP contribution in [0.15, 0.2) is 18.2 Å². The Balaban J connectivity index is 2.12. The number of halogens is 2. The van der Waals surface area contributed by atoms with Crippen LogP contribution in [-0.2, 0) is 4.79 Å². The minimum absolute atomic E-state index is 0.00335. The number of piperidine rings is 1. The predicted molar refractivity (Wildman–Crippen MR) is 75.8 cm³/mol. The topological polar surface area (TPSA) is 37.4 Å². The van der Waals surface area contributed by atoms with E-state index >= 15 is 0 Å². The molecule has 19 heavy (non-hydrogen) atoms. The van der Waals surface area contributed by atoms with Crippen molar-refractivity contribution in [3.63, 3.8) is 0 Å². The smallest absolute Gasteiger partial charge is 0.225 e. The molecule has 0 saturated carbocycles. The van der Waals surface area contributed by atoms with E-state index in [-0.39, 0.29) is 24.2 Å². The maximum Gasteiger partial charge on any atom is 0.225 e. The minimum Gasteiger partial charge on any atom is -0.335 e. The number of Topliss-reactive ketones (excluding diaryl/α,β-unsaturated/α-hetero) is 1. The van der Waals surface area contributed by atoms with Crippen molar-refractivity contribution in [2.24, 2.45) is 5.92 Å². The largest absolute Gasteiger partial charge is 0.335 e. The molecule has 1 saturated heterocycles. The Labute approximate surface area is 122 Å². The number of carbonyl (C=O) groups is 2. The van der Waals surface area contributed by atoms with Gasteiger partial charge in [-0.15, -0.1) is 0 Å². The van der Waals surface area contributed by atoms with Crippen LogP contribution >= 0.6 is 23.2 Å². The fourth-order valence-corrected chi connectivity index (χ4v) is 2.66. The Hall–Kier alpha value is -1.06. The van der Waals surface area contributed by atoms with Crippen LogP contribution in [0.3, 0.4) is 0 Å². The van der Waals surface area contributed by atoms with Crippen LogP contribution in [-0.4, -0.2) is 29.7 Å². The quantitative estimate of drug-likeness (QED) is 0.802. The molecular weight excluding hydrogens is 285 g/mol. The molecule has 0 radical (unpaired) electrons. The van der Waals surface area contributed by atoms with Gasteiger partial charge in [-0.2, -0.15) is 0 Å². The van der Waals surface area contributed by atoms with Crippen molar-refractivity contribution < 1.29 is 9.59 Å². The van der Waals surface area contributed by atoms with E-state index in [0.717, 1.165) is 12.8 Å². The molecule has 0 aliphatic carbocycles. The summed E-state index contributed by atoms with van der Waals surface area (Å²) in [5.41, 5.74) is 0.375. The molecule has 1 atom stereocenters. The van der Waals surface area contributed by atoms with Gasteiger partial charge in [0, 0.05) is 23.0 Å². The molecule has 0 bridgehead atoms. The molecule has 0 spiro atoms. The Bertz CT molecular complexity index is 516. The van der Waals surface area contributed by atoms with Gasteiger partial charge in [-0.05, 0) is 31.0 Å². The summed E-state index contributed by atoms with van der Waals surface area (Å²) in [6.45, 7) is 2.60. The van der Waals surface area contributed by atoms with E-state index in [2.05, 4.69) is 0 Å². The van der Waals surface area contributed by atoms with Gasteiger partial charge in [0.25, 0.3) is 0 Å². The summed E-state index contributed by atoms with van der Waals surface area (Å²) >= 11 is 11.9. The second kappa shape index (κ2) is 5.93. The molecule has 1 unspecified atom stereocenters. The van der Waals surface area contributed by atoms with Gasteiger partial charge in [-0.25, -0.2) is 0 Å². The molecule has 1 aromatic carbocycles. The number of rotatable bonds is 3.